The Morgan fingerprint density at radius 1 is 1.30 bits per heavy atom. The average Bonchev–Trinajstić information content (AvgIpc) is 3.06. The summed E-state index contributed by atoms with van der Waals surface area (Å²) in [6.07, 6.45) is 5.14. The van der Waals surface area contributed by atoms with Gasteiger partial charge in [-0.15, -0.1) is 24.0 Å². The first-order valence-corrected chi connectivity index (χ1v) is 7.42. The van der Waals surface area contributed by atoms with Crippen molar-refractivity contribution < 1.29 is 9.52 Å². The van der Waals surface area contributed by atoms with E-state index in [1.807, 2.05) is 19.1 Å². The van der Waals surface area contributed by atoms with Crippen molar-refractivity contribution in [1.82, 2.24) is 15.6 Å². The molecule has 6 nitrogen and oxygen atoms in total. The summed E-state index contributed by atoms with van der Waals surface area (Å²) in [6, 6.07) is 7.40. The summed E-state index contributed by atoms with van der Waals surface area (Å²) in [6.45, 7) is 3.77. The van der Waals surface area contributed by atoms with Gasteiger partial charge >= 0.3 is 0 Å². The molecule has 0 saturated carbocycles. The van der Waals surface area contributed by atoms with Crippen molar-refractivity contribution in [2.24, 2.45) is 4.99 Å². The van der Waals surface area contributed by atoms with Crippen LogP contribution in [0, 0.1) is 0 Å². The second kappa shape index (κ2) is 11.0. The van der Waals surface area contributed by atoms with Gasteiger partial charge < -0.3 is 20.2 Å². The van der Waals surface area contributed by atoms with Crippen LogP contribution in [0.4, 0.5) is 0 Å². The number of hydrogen-bond acceptors (Lipinski definition) is 4. The Hall–Kier alpha value is -1.61. The molecule has 7 heteroatoms. The molecular weight excluding hydrogens is 407 g/mol. The normalized spacial score (nSPS) is 12.3. The number of hydrogen-bond donors (Lipinski definition) is 3. The first kappa shape index (κ1) is 19.4. The molecule has 0 aliphatic heterocycles. The zero-order valence-electron chi connectivity index (χ0n) is 13.1. The predicted octanol–water partition coefficient (Wildman–Crippen LogP) is 2.12. The molecule has 1 atom stereocenters. The predicted molar refractivity (Wildman–Crippen MR) is 101 cm³/mol. The molecular formula is C16H23IN4O2. The smallest absolute Gasteiger partial charge is 0.191 e. The van der Waals surface area contributed by atoms with Gasteiger partial charge in [-0.1, -0.05) is 0 Å². The molecule has 0 spiro atoms. The summed E-state index contributed by atoms with van der Waals surface area (Å²) in [5.74, 6) is 1.61. The molecule has 0 bridgehead atoms. The number of aliphatic hydroxyl groups is 1. The van der Waals surface area contributed by atoms with Crippen molar-refractivity contribution in [3.63, 3.8) is 0 Å². The van der Waals surface area contributed by atoms with Gasteiger partial charge in [0, 0.05) is 31.9 Å². The number of nitrogens with zero attached hydrogens (tertiary/aromatic N) is 2. The fourth-order valence-electron chi connectivity index (χ4n) is 1.97. The first-order chi connectivity index (χ1) is 10.8. The highest BCUT2D eigenvalue weighted by Gasteiger charge is 2.07. The summed E-state index contributed by atoms with van der Waals surface area (Å²) in [7, 11) is 0. The Morgan fingerprint density at radius 2 is 2.09 bits per heavy atom. The number of nitrogens with one attached hydrogen (secondary N) is 2. The SMILES string of the molecule is CCNC(=NCC(O)c1ccncc1)NCCc1ccco1.I. The van der Waals surface area contributed by atoms with Gasteiger partial charge in [0.15, 0.2) is 5.96 Å². The van der Waals surface area contributed by atoms with Crippen LogP contribution in [0.3, 0.4) is 0 Å². The van der Waals surface area contributed by atoms with E-state index < -0.39 is 6.10 Å². The molecule has 23 heavy (non-hydrogen) atoms. The summed E-state index contributed by atoms with van der Waals surface area (Å²) < 4.78 is 5.29. The minimum atomic E-state index is -0.636. The van der Waals surface area contributed by atoms with Gasteiger partial charge in [0.05, 0.1) is 18.9 Å². The van der Waals surface area contributed by atoms with E-state index in [1.54, 1.807) is 30.8 Å². The summed E-state index contributed by atoms with van der Waals surface area (Å²) in [5.41, 5.74) is 0.810. The number of guanidine groups is 1. The number of pyridine rings is 1. The molecule has 0 aromatic carbocycles. The van der Waals surface area contributed by atoms with E-state index in [1.165, 1.54) is 0 Å². The van der Waals surface area contributed by atoms with Crippen molar-refractivity contribution in [3.05, 3.63) is 54.2 Å². The molecule has 3 N–H and O–H groups in total. The summed E-state index contributed by atoms with van der Waals surface area (Å²) in [5, 5.41) is 16.5. The van der Waals surface area contributed by atoms with Crippen molar-refractivity contribution >= 4 is 29.9 Å². The number of aliphatic hydroxyl groups excluding tert-OH is 1. The molecule has 0 fully saturated rings. The lowest BCUT2D eigenvalue weighted by Gasteiger charge is -2.13. The monoisotopic (exact) mass is 430 g/mol. The van der Waals surface area contributed by atoms with Gasteiger partial charge in [-0.2, -0.15) is 0 Å². The highest BCUT2D eigenvalue weighted by Crippen LogP contribution is 2.10. The zero-order chi connectivity index (χ0) is 15.6. The number of furan rings is 1. The van der Waals surface area contributed by atoms with Crippen molar-refractivity contribution in [2.75, 3.05) is 19.6 Å². The maximum Gasteiger partial charge on any atom is 0.191 e. The quantitative estimate of drug-likeness (QED) is 0.356. The van der Waals surface area contributed by atoms with Gasteiger partial charge in [-0.25, -0.2) is 0 Å². The van der Waals surface area contributed by atoms with E-state index in [4.69, 9.17) is 4.42 Å². The third-order valence-corrected chi connectivity index (χ3v) is 3.10. The molecule has 2 aromatic rings. The zero-order valence-corrected chi connectivity index (χ0v) is 15.4. The maximum absolute atomic E-state index is 10.1. The molecule has 0 aliphatic carbocycles. The van der Waals surface area contributed by atoms with E-state index in [2.05, 4.69) is 20.6 Å². The Balaban J connectivity index is 0.00000264. The second-order valence-electron chi connectivity index (χ2n) is 4.77. The van der Waals surface area contributed by atoms with Crippen LogP contribution in [0.2, 0.25) is 0 Å². The van der Waals surface area contributed by atoms with Crippen molar-refractivity contribution in [2.45, 2.75) is 19.4 Å². The maximum atomic E-state index is 10.1. The Kier molecular flexibility index (Phi) is 9.30. The largest absolute Gasteiger partial charge is 0.469 e. The van der Waals surface area contributed by atoms with E-state index in [-0.39, 0.29) is 24.0 Å². The van der Waals surface area contributed by atoms with Crippen LogP contribution in [-0.2, 0) is 6.42 Å². The number of aromatic nitrogens is 1. The van der Waals surface area contributed by atoms with Gasteiger partial charge in [-0.3, -0.25) is 9.98 Å². The lowest BCUT2D eigenvalue weighted by Crippen LogP contribution is -2.38. The van der Waals surface area contributed by atoms with Crippen LogP contribution < -0.4 is 10.6 Å². The van der Waals surface area contributed by atoms with Gasteiger partial charge in [0.2, 0.25) is 0 Å². The Labute approximate surface area is 153 Å². The van der Waals surface area contributed by atoms with E-state index in [0.717, 1.165) is 24.3 Å². The van der Waals surface area contributed by atoms with Gasteiger partial charge in [0.25, 0.3) is 0 Å². The molecule has 2 heterocycles. The van der Waals surface area contributed by atoms with Crippen LogP contribution in [0.25, 0.3) is 0 Å². The average molecular weight is 430 g/mol. The third kappa shape index (κ3) is 7.00. The fraction of sp³-hybridized carbons (Fsp3) is 0.375. The molecule has 0 aliphatic rings. The van der Waals surface area contributed by atoms with E-state index in [9.17, 15) is 5.11 Å². The van der Waals surface area contributed by atoms with Crippen LogP contribution in [-0.4, -0.2) is 35.7 Å². The van der Waals surface area contributed by atoms with Gasteiger partial charge in [-0.05, 0) is 36.8 Å². The lowest BCUT2D eigenvalue weighted by atomic mass is 10.1. The van der Waals surface area contributed by atoms with E-state index >= 15 is 0 Å². The molecule has 2 rings (SSSR count). The van der Waals surface area contributed by atoms with Crippen LogP contribution in [0.1, 0.15) is 24.4 Å². The lowest BCUT2D eigenvalue weighted by molar-refractivity contribution is 0.187. The molecule has 2 aromatic heterocycles. The molecule has 126 valence electrons. The molecule has 0 radical (unpaired) electrons. The Morgan fingerprint density at radius 3 is 2.74 bits per heavy atom. The van der Waals surface area contributed by atoms with E-state index in [0.29, 0.717) is 19.0 Å². The topological polar surface area (TPSA) is 82.7 Å². The van der Waals surface area contributed by atoms with Crippen LogP contribution >= 0.6 is 24.0 Å². The number of aliphatic imine (C=N–C) groups is 1. The Bertz CT molecular complexity index is 561. The fourth-order valence-corrected chi connectivity index (χ4v) is 1.97. The molecule has 0 saturated heterocycles. The number of halogens is 1. The first-order valence-electron chi connectivity index (χ1n) is 7.42. The molecule has 1 unspecified atom stereocenters. The third-order valence-electron chi connectivity index (χ3n) is 3.10. The van der Waals surface area contributed by atoms with Crippen LogP contribution in [0.5, 0.6) is 0 Å². The van der Waals surface area contributed by atoms with Crippen LogP contribution in [0.15, 0.2) is 52.3 Å². The highest BCUT2D eigenvalue weighted by atomic mass is 127. The van der Waals surface area contributed by atoms with Crippen molar-refractivity contribution in [3.8, 4) is 0 Å². The minimum absolute atomic E-state index is 0. The summed E-state index contributed by atoms with van der Waals surface area (Å²) >= 11 is 0. The molecule has 0 amide bonds. The summed E-state index contributed by atoms with van der Waals surface area (Å²) in [4.78, 5) is 8.34. The standard InChI is InChI=1S/C16H22N4O2.HI/c1-2-18-16(19-10-7-14-4-3-11-22-14)20-12-15(21)13-5-8-17-9-6-13;/h3-6,8-9,11,15,21H,2,7,10,12H2,1H3,(H2,18,19,20);1H. The minimum Gasteiger partial charge on any atom is -0.469 e. The van der Waals surface area contributed by atoms with Crippen molar-refractivity contribution in [1.29, 1.82) is 0 Å². The highest BCUT2D eigenvalue weighted by molar-refractivity contribution is 14.0. The second-order valence-corrected chi connectivity index (χ2v) is 4.77. The van der Waals surface area contributed by atoms with Gasteiger partial charge in [0.1, 0.15) is 5.76 Å². The number of rotatable bonds is 7.